The predicted octanol–water partition coefficient (Wildman–Crippen LogP) is 3.32. The van der Waals surface area contributed by atoms with Crippen molar-refractivity contribution in [2.45, 2.75) is 0 Å². The largest absolute Gasteiger partial charge is 0.443 e. The van der Waals surface area contributed by atoms with Gasteiger partial charge in [0.2, 0.25) is 0 Å². The van der Waals surface area contributed by atoms with Crippen LogP contribution in [0.15, 0.2) is 60.9 Å². The highest BCUT2D eigenvalue weighted by Gasteiger charge is 2.13. The van der Waals surface area contributed by atoms with Crippen LogP contribution in [0.3, 0.4) is 0 Å². The van der Waals surface area contributed by atoms with E-state index in [0.29, 0.717) is 22.2 Å². The Morgan fingerprint density at radius 2 is 1.40 bits per heavy atom. The normalized spacial score (nSPS) is 10.9. The van der Waals surface area contributed by atoms with Crippen molar-refractivity contribution in [2.24, 2.45) is 0 Å². The van der Waals surface area contributed by atoms with E-state index in [-0.39, 0.29) is 0 Å². The maximum atomic E-state index is 12.5. The quantitative estimate of drug-likeness (QED) is 0.540. The second-order valence-electron chi connectivity index (χ2n) is 5.56. The maximum Gasteiger partial charge on any atom is 0.443 e. The van der Waals surface area contributed by atoms with Crippen LogP contribution in [-0.2, 0) is 0 Å². The molecule has 6 nitrogen and oxygen atoms in total. The van der Waals surface area contributed by atoms with Crippen LogP contribution in [0.2, 0.25) is 0 Å². The summed E-state index contributed by atoms with van der Waals surface area (Å²) in [5.41, 5.74) is 2.42. The molecule has 0 unspecified atom stereocenters. The third-order valence-corrected chi connectivity index (χ3v) is 4.04. The minimum Gasteiger partial charge on any atom is -0.316 e. The molecule has 25 heavy (non-hydrogen) atoms. The van der Waals surface area contributed by atoms with E-state index in [0.717, 1.165) is 23.3 Å². The fourth-order valence-electron chi connectivity index (χ4n) is 2.81. The number of rotatable bonds is 3. The number of aromatic nitrogens is 2. The minimum absolute atomic E-state index is 0.543. The summed E-state index contributed by atoms with van der Waals surface area (Å²) in [4.78, 5) is 39.6. The highest BCUT2D eigenvalue weighted by molar-refractivity contribution is 5.93. The van der Waals surface area contributed by atoms with Crippen molar-refractivity contribution in [2.75, 3.05) is 0 Å². The van der Waals surface area contributed by atoms with Gasteiger partial charge in [0.15, 0.2) is 0 Å². The Morgan fingerprint density at radius 1 is 0.800 bits per heavy atom. The Kier molecular flexibility index (Phi) is 3.43. The number of aldehydes is 2. The zero-order valence-electron chi connectivity index (χ0n) is 13.0. The zero-order chi connectivity index (χ0) is 17.4. The molecule has 0 aliphatic rings. The molecule has 0 fully saturated rings. The summed E-state index contributed by atoms with van der Waals surface area (Å²) in [5.74, 6) is 0. The third kappa shape index (κ3) is 2.49. The number of benzene rings is 2. The first-order valence-electron chi connectivity index (χ1n) is 7.55. The summed E-state index contributed by atoms with van der Waals surface area (Å²) >= 11 is 0. The van der Waals surface area contributed by atoms with Crippen LogP contribution in [0.4, 0.5) is 4.79 Å². The fraction of sp³-hybridized carbons (Fsp3) is 0. The average Bonchev–Trinajstić information content (AvgIpc) is 3.24. The summed E-state index contributed by atoms with van der Waals surface area (Å²) < 4.78 is 2.73. The Bertz CT molecular complexity index is 1140. The number of nitrogens with zero attached hydrogens (tertiary/aromatic N) is 2. The van der Waals surface area contributed by atoms with Gasteiger partial charge in [-0.05, 0) is 48.5 Å². The first kappa shape index (κ1) is 14.9. The van der Waals surface area contributed by atoms with Crippen LogP contribution >= 0.6 is 0 Å². The topological polar surface area (TPSA) is 70.3 Å². The van der Waals surface area contributed by atoms with Crippen LogP contribution in [-0.4, -0.2) is 28.0 Å². The molecular formula is C19H12N2O4. The molecule has 2 heterocycles. The molecule has 0 aliphatic carbocycles. The van der Waals surface area contributed by atoms with Crippen LogP contribution in [0.1, 0.15) is 20.7 Å². The van der Waals surface area contributed by atoms with Gasteiger partial charge < -0.3 is 4.84 Å². The molecule has 2 aromatic carbocycles. The summed E-state index contributed by atoms with van der Waals surface area (Å²) in [7, 11) is 0. The molecule has 0 bridgehead atoms. The lowest BCUT2D eigenvalue weighted by atomic mass is 10.2. The van der Waals surface area contributed by atoms with E-state index in [1.54, 1.807) is 60.9 Å². The van der Waals surface area contributed by atoms with Gasteiger partial charge in [0, 0.05) is 34.3 Å². The highest BCUT2D eigenvalue weighted by atomic mass is 16.7. The summed E-state index contributed by atoms with van der Waals surface area (Å²) in [6.45, 7) is 0. The van der Waals surface area contributed by atoms with Crippen molar-refractivity contribution in [3.05, 3.63) is 72.1 Å². The molecule has 0 aliphatic heterocycles. The van der Waals surface area contributed by atoms with Crippen LogP contribution in [0.25, 0.3) is 21.8 Å². The smallest absolute Gasteiger partial charge is 0.316 e. The molecule has 0 amide bonds. The van der Waals surface area contributed by atoms with Gasteiger partial charge in [-0.1, -0.05) is 0 Å². The van der Waals surface area contributed by atoms with E-state index < -0.39 is 6.09 Å². The van der Waals surface area contributed by atoms with E-state index in [9.17, 15) is 14.4 Å². The Hall–Kier alpha value is -3.67. The van der Waals surface area contributed by atoms with Crippen LogP contribution in [0.5, 0.6) is 0 Å². The van der Waals surface area contributed by atoms with E-state index in [2.05, 4.69) is 0 Å². The molecule has 0 spiro atoms. The SMILES string of the molecule is O=Cc1ccc2c(ccn2OC(=O)n2ccc3cc(C=O)ccc32)c1. The molecule has 0 atom stereocenters. The summed E-state index contributed by atoms with van der Waals surface area (Å²) in [5, 5.41) is 1.57. The van der Waals surface area contributed by atoms with Crippen molar-refractivity contribution in [1.29, 1.82) is 0 Å². The molecule has 4 rings (SSSR count). The molecule has 0 saturated carbocycles. The molecule has 0 saturated heterocycles. The van der Waals surface area contributed by atoms with Gasteiger partial charge in [-0.25, -0.2) is 4.79 Å². The first-order chi connectivity index (χ1) is 12.2. The highest BCUT2D eigenvalue weighted by Crippen LogP contribution is 2.19. The standard InChI is InChI=1S/C19H12N2O4/c22-11-13-1-3-17-15(9-13)5-7-20(17)19(24)25-21-8-6-16-10-14(12-23)2-4-18(16)21/h1-12H. The fourth-order valence-corrected chi connectivity index (χ4v) is 2.81. The first-order valence-corrected chi connectivity index (χ1v) is 7.55. The second-order valence-corrected chi connectivity index (χ2v) is 5.56. The number of hydrogen-bond acceptors (Lipinski definition) is 4. The van der Waals surface area contributed by atoms with Crippen molar-refractivity contribution >= 4 is 40.5 Å². The summed E-state index contributed by atoms with van der Waals surface area (Å²) in [6, 6.07) is 13.7. The molecule has 0 N–H and O–H groups in total. The number of carbonyl (C=O) groups excluding carboxylic acids is 3. The van der Waals surface area contributed by atoms with Gasteiger partial charge in [-0.15, -0.1) is 0 Å². The van der Waals surface area contributed by atoms with Crippen molar-refractivity contribution < 1.29 is 19.2 Å². The van der Waals surface area contributed by atoms with Gasteiger partial charge in [-0.2, -0.15) is 4.73 Å². The lowest BCUT2D eigenvalue weighted by molar-refractivity contribution is 0.111. The Balaban J connectivity index is 1.68. The van der Waals surface area contributed by atoms with E-state index >= 15 is 0 Å². The van der Waals surface area contributed by atoms with Crippen molar-refractivity contribution in [3.8, 4) is 0 Å². The number of carbonyl (C=O) groups is 3. The van der Waals surface area contributed by atoms with Gasteiger partial charge in [0.25, 0.3) is 0 Å². The molecular weight excluding hydrogens is 320 g/mol. The Labute approximate surface area is 141 Å². The van der Waals surface area contributed by atoms with Gasteiger partial charge in [0.05, 0.1) is 11.0 Å². The summed E-state index contributed by atoms with van der Waals surface area (Å²) in [6.07, 6.45) is 4.16. The lowest BCUT2D eigenvalue weighted by Crippen LogP contribution is -2.23. The van der Waals surface area contributed by atoms with Crippen molar-refractivity contribution in [3.63, 3.8) is 0 Å². The number of fused-ring (bicyclic) bond motifs is 2. The second kappa shape index (κ2) is 5.76. The molecule has 4 aromatic rings. The van der Waals surface area contributed by atoms with Crippen LogP contribution in [0, 0.1) is 0 Å². The average molecular weight is 332 g/mol. The molecule has 0 radical (unpaired) electrons. The van der Waals surface area contributed by atoms with E-state index in [1.165, 1.54) is 9.30 Å². The third-order valence-electron chi connectivity index (χ3n) is 4.04. The van der Waals surface area contributed by atoms with Gasteiger partial charge >= 0.3 is 6.09 Å². The maximum absolute atomic E-state index is 12.5. The zero-order valence-corrected chi connectivity index (χ0v) is 13.0. The Morgan fingerprint density at radius 3 is 2.08 bits per heavy atom. The lowest BCUT2D eigenvalue weighted by Gasteiger charge is -2.08. The van der Waals surface area contributed by atoms with E-state index in [4.69, 9.17) is 4.84 Å². The van der Waals surface area contributed by atoms with Crippen LogP contribution < -0.4 is 4.84 Å². The predicted molar refractivity (Wildman–Crippen MR) is 92.0 cm³/mol. The number of hydrogen-bond donors (Lipinski definition) is 0. The molecule has 122 valence electrons. The molecule has 2 aromatic heterocycles. The van der Waals surface area contributed by atoms with Crippen molar-refractivity contribution in [1.82, 2.24) is 9.30 Å². The van der Waals surface area contributed by atoms with Gasteiger partial charge in [-0.3, -0.25) is 14.2 Å². The minimum atomic E-state index is -0.578. The van der Waals surface area contributed by atoms with Gasteiger partial charge in [0.1, 0.15) is 12.6 Å². The van der Waals surface area contributed by atoms with E-state index in [1.807, 2.05) is 0 Å². The molecule has 6 heteroatoms. The monoisotopic (exact) mass is 332 g/mol.